The Morgan fingerprint density at radius 2 is 1.64 bits per heavy atom. The van der Waals surface area contributed by atoms with Gasteiger partial charge in [-0.3, -0.25) is 0 Å². The Hall–Kier alpha value is -3.26. The van der Waals surface area contributed by atoms with Crippen LogP contribution in [-0.2, 0) is 9.47 Å². The molecule has 4 rings (SSSR count). The van der Waals surface area contributed by atoms with Crippen molar-refractivity contribution in [2.45, 2.75) is 12.1 Å². The van der Waals surface area contributed by atoms with Crippen molar-refractivity contribution in [3.63, 3.8) is 0 Å². The second-order valence-corrected chi connectivity index (χ2v) is 5.91. The van der Waals surface area contributed by atoms with Gasteiger partial charge < -0.3 is 14.8 Å². The van der Waals surface area contributed by atoms with E-state index in [0.717, 1.165) is 11.1 Å². The maximum Gasteiger partial charge on any atom is 0.233 e. The zero-order valence-corrected chi connectivity index (χ0v) is 13.6. The van der Waals surface area contributed by atoms with Gasteiger partial charge in [0.25, 0.3) is 0 Å². The summed E-state index contributed by atoms with van der Waals surface area (Å²) in [5.74, 6) is 0.774. The SMILES string of the molecule is N#CC(C1=N[C@@H](c2ccccc2)CO1)=C1N[C@@H](c2ccccc2)CO1. The number of nitrogens with one attached hydrogen (secondary N) is 1. The van der Waals surface area contributed by atoms with Crippen LogP contribution in [0.3, 0.4) is 0 Å². The second-order valence-electron chi connectivity index (χ2n) is 5.91. The van der Waals surface area contributed by atoms with Crippen LogP contribution in [0.2, 0.25) is 0 Å². The molecule has 0 radical (unpaired) electrons. The first kappa shape index (κ1) is 15.3. The molecule has 5 nitrogen and oxygen atoms in total. The van der Waals surface area contributed by atoms with E-state index in [-0.39, 0.29) is 12.1 Å². The number of hydrogen-bond acceptors (Lipinski definition) is 5. The molecule has 2 heterocycles. The Morgan fingerprint density at radius 3 is 2.32 bits per heavy atom. The molecule has 0 saturated carbocycles. The first-order valence-electron chi connectivity index (χ1n) is 8.19. The highest BCUT2D eigenvalue weighted by Crippen LogP contribution is 2.28. The Balaban J connectivity index is 1.57. The third kappa shape index (κ3) is 3.07. The van der Waals surface area contributed by atoms with Crippen molar-refractivity contribution in [2.24, 2.45) is 4.99 Å². The molecule has 2 aromatic rings. The fourth-order valence-electron chi connectivity index (χ4n) is 2.97. The molecule has 1 N–H and O–H groups in total. The highest BCUT2D eigenvalue weighted by Gasteiger charge is 2.30. The summed E-state index contributed by atoms with van der Waals surface area (Å²) in [4.78, 5) is 4.57. The van der Waals surface area contributed by atoms with E-state index in [0.29, 0.717) is 30.6 Å². The van der Waals surface area contributed by atoms with Crippen molar-refractivity contribution in [1.82, 2.24) is 5.32 Å². The van der Waals surface area contributed by atoms with E-state index in [2.05, 4.69) is 16.4 Å². The summed E-state index contributed by atoms with van der Waals surface area (Å²) >= 11 is 0. The number of hydrogen-bond donors (Lipinski definition) is 1. The third-order valence-electron chi connectivity index (χ3n) is 4.29. The van der Waals surface area contributed by atoms with Crippen LogP contribution in [0.4, 0.5) is 0 Å². The van der Waals surface area contributed by atoms with Crippen molar-refractivity contribution >= 4 is 5.90 Å². The maximum absolute atomic E-state index is 9.57. The predicted molar refractivity (Wildman–Crippen MR) is 93.5 cm³/mol. The quantitative estimate of drug-likeness (QED) is 0.877. The molecule has 25 heavy (non-hydrogen) atoms. The molecule has 2 aliphatic heterocycles. The summed E-state index contributed by atoms with van der Waals surface area (Å²) in [7, 11) is 0. The molecule has 0 bridgehead atoms. The van der Waals surface area contributed by atoms with Gasteiger partial charge in [0.1, 0.15) is 25.3 Å². The van der Waals surface area contributed by atoms with Crippen LogP contribution in [0.5, 0.6) is 0 Å². The normalized spacial score (nSPS) is 23.7. The van der Waals surface area contributed by atoms with Gasteiger partial charge >= 0.3 is 0 Å². The average molecular weight is 331 g/mol. The Kier molecular flexibility index (Phi) is 4.09. The smallest absolute Gasteiger partial charge is 0.233 e. The molecule has 2 atom stereocenters. The van der Waals surface area contributed by atoms with Crippen LogP contribution in [0, 0.1) is 11.3 Å². The molecule has 0 aromatic heterocycles. The van der Waals surface area contributed by atoms with Crippen molar-refractivity contribution in [3.8, 4) is 6.07 Å². The Morgan fingerprint density at radius 1 is 0.960 bits per heavy atom. The van der Waals surface area contributed by atoms with Gasteiger partial charge in [0.15, 0.2) is 5.57 Å². The van der Waals surface area contributed by atoms with Crippen LogP contribution in [0.15, 0.2) is 77.1 Å². The first-order valence-corrected chi connectivity index (χ1v) is 8.19. The lowest BCUT2D eigenvalue weighted by atomic mass is 10.1. The molecule has 2 aliphatic rings. The Labute approximate surface area is 146 Å². The van der Waals surface area contributed by atoms with Crippen molar-refractivity contribution in [1.29, 1.82) is 5.26 Å². The van der Waals surface area contributed by atoms with Crippen LogP contribution in [0.25, 0.3) is 0 Å². The summed E-state index contributed by atoms with van der Waals surface area (Å²) < 4.78 is 11.4. The van der Waals surface area contributed by atoms with Gasteiger partial charge in [-0.05, 0) is 11.1 Å². The molecule has 0 aliphatic carbocycles. The number of rotatable bonds is 3. The molecule has 5 heteroatoms. The Bertz CT molecular complexity index is 854. The second kappa shape index (κ2) is 6.70. The highest BCUT2D eigenvalue weighted by atomic mass is 16.5. The van der Waals surface area contributed by atoms with E-state index in [1.165, 1.54) is 0 Å². The standard InChI is InChI=1S/C20H17N3O2/c21-11-16(19-22-17(12-24-19)14-7-3-1-4-8-14)20-23-18(13-25-20)15-9-5-2-6-10-15/h1-10,17-18,22H,12-13H2/t17-,18-/m1/s1. The van der Waals surface area contributed by atoms with Crippen molar-refractivity contribution < 1.29 is 9.47 Å². The molecule has 0 amide bonds. The van der Waals surface area contributed by atoms with Gasteiger partial charge in [-0.1, -0.05) is 60.7 Å². The zero-order chi connectivity index (χ0) is 17.1. The fraction of sp³-hybridized carbons (Fsp3) is 0.200. The number of nitriles is 1. The van der Waals surface area contributed by atoms with Gasteiger partial charge in [0.05, 0.1) is 6.04 Å². The fourth-order valence-corrected chi connectivity index (χ4v) is 2.97. The highest BCUT2D eigenvalue weighted by molar-refractivity contribution is 5.98. The topological polar surface area (TPSA) is 66.6 Å². The molecule has 0 spiro atoms. The van der Waals surface area contributed by atoms with E-state index in [1.54, 1.807) is 0 Å². The molecule has 1 fully saturated rings. The zero-order valence-electron chi connectivity index (χ0n) is 13.6. The van der Waals surface area contributed by atoms with Gasteiger partial charge in [-0.25, -0.2) is 4.99 Å². The lowest BCUT2D eigenvalue weighted by Gasteiger charge is -2.08. The average Bonchev–Trinajstić information content (AvgIpc) is 3.35. The number of nitrogens with zero attached hydrogens (tertiary/aromatic N) is 2. The number of aliphatic imine (C=N–C) groups is 1. The van der Waals surface area contributed by atoms with Crippen LogP contribution in [-0.4, -0.2) is 19.1 Å². The minimum absolute atomic E-state index is 0.0199. The lowest BCUT2D eigenvalue weighted by molar-refractivity contribution is 0.251. The monoisotopic (exact) mass is 331 g/mol. The van der Waals surface area contributed by atoms with Crippen LogP contribution >= 0.6 is 0 Å². The maximum atomic E-state index is 9.57. The van der Waals surface area contributed by atoms with Gasteiger partial charge in [0.2, 0.25) is 11.8 Å². The molecular formula is C20H17N3O2. The van der Waals surface area contributed by atoms with E-state index < -0.39 is 0 Å². The molecular weight excluding hydrogens is 314 g/mol. The summed E-state index contributed by atoms with van der Waals surface area (Å²) in [6, 6.07) is 22.0. The minimum atomic E-state index is -0.0912. The van der Waals surface area contributed by atoms with Gasteiger partial charge in [-0.2, -0.15) is 5.26 Å². The van der Waals surface area contributed by atoms with Crippen molar-refractivity contribution in [2.75, 3.05) is 13.2 Å². The molecule has 2 aromatic carbocycles. The van der Waals surface area contributed by atoms with Crippen molar-refractivity contribution in [3.05, 3.63) is 83.2 Å². The first-order chi connectivity index (χ1) is 12.3. The minimum Gasteiger partial charge on any atom is -0.476 e. The molecule has 124 valence electrons. The predicted octanol–water partition coefficient (Wildman–Crippen LogP) is 3.25. The summed E-state index contributed by atoms with van der Waals surface area (Å²) in [6.07, 6.45) is 0. The molecule has 0 unspecified atom stereocenters. The summed E-state index contributed by atoms with van der Waals surface area (Å²) in [5.41, 5.74) is 2.50. The summed E-state index contributed by atoms with van der Waals surface area (Å²) in [5, 5.41) is 12.8. The molecule has 1 saturated heterocycles. The van der Waals surface area contributed by atoms with E-state index in [9.17, 15) is 5.26 Å². The van der Waals surface area contributed by atoms with E-state index in [4.69, 9.17) is 9.47 Å². The largest absolute Gasteiger partial charge is 0.476 e. The van der Waals surface area contributed by atoms with Gasteiger partial charge in [-0.15, -0.1) is 0 Å². The van der Waals surface area contributed by atoms with Gasteiger partial charge in [0, 0.05) is 0 Å². The van der Waals surface area contributed by atoms with E-state index >= 15 is 0 Å². The third-order valence-corrected chi connectivity index (χ3v) is 4.29. The summed E-state index contributed by atoms with van der Waals surface area (Å²) in [6.45, 7) is 0.903. The van der Waals surface area contributed by atoms with Crippen LogP contribution < -0.4 is 5.32 Å². The van der Waals surface area contributed by atoms with Crippen LogP contribution in [0.1, 0.15) is 23.2 Å². The lowest BCUT2D eigenvalue weighted by Crippen LogP contribution is -2.17. The number of ether oxygens (including phenoxy) is 2. The van der Waals surface area contributed by atoms with E-state index in [1.807, 2.05) is 60.7 Å². The number of benzene rings is 2.